The molecule has 0 atom stereocenters. The predicted molar refractivity (Wildman–Crippen MR) is 105 cm³/mol. The SMILES string of the molecule is CC(C)(C)OC(=O)c1c(OS(=O)(=O)C(F)(F)F)csc1NC(=O)OCc1ccccc1. The van der Waals surface area contributed by atoms with E-state index in [1.807, 2.05) is 0 Å². The van der Waals surface area contributed by atoms with Crippen LogP contribution in [0.4, 0.5) is 23.0 Å². The highest BCUT2D eigenvalue weighted by atomic mass is 32.2. The first-order chi connectivity index (χ1) is 14.2. The number of esters is 1. The zero-order valence-electron chi connectivity index (χ0n) is 16.5. The number of hydrogen-bond acceptors (Lipinski definition) is 8. The van der Waals surface area contributed by atoms with Gasteiger partial charge in [0.15, 0.2) is 5.75 Å². The molecule has 1 amide bonds. The van der Waals surface area contributed by atoms with E-state index in [9.17, 15) is 31.2 Å². The number of hydrogen-bond donors (Lipinski definition) is 1. The number of halogens is 3. The second kappa shape index (κ2) is 9.14. The molecule has 1 aromatic carbocycles. The second-order valence-corrected chi connectivity index (χ2v) is 9.39. The Morgan fingerprint density at radius 1 is 1.10 bits per heavy atom. The van der Waals surface area contributed by atoms with Crippen molar-refractivity contribution in [2.75, 3.05) is 5.32 Å². The molecule has 8 nitrogen and oxygen atoms in total. The lowest BCUT2D eigenvalue weighted by Gasteiger charge is -2.20. The maximum atomic E-state index is 12.7. The Hall–Kier alpha value is -2.80. The van der Waals surface area contributed by atoms with Gasteiger partial charge in [-0.15, -0.1) is 11.3 Å². The van der Waals surface area contributed by atoms with Crippen LogP contribution in [0, 0.1) is 0 Å². The molecule has 1 N–H and O–H groups in total. The maximum Gasteiger partial charge on any atom is 0.534 e. The summed E-state index contributed by atoms with van der Waals surface area (Å²) in [7, 11) is -6.06. The highest BCUT2D eigenvalue weighted by molar-refractivity contribution is 7.88. The van der Waals surface area contributed by atoms with Crippen molar-refractivity contribution in [1.82, 2.24) is 0 Å². The molecule has 0 unspecified atom stereocenters. The Labute approximate surface area is 180 Å². The summed E-state index contributed by atoms with van der Waals surface area (Å²) in [4.78, 5) is 24.6. The summed E-state index contributed by atoms with van der Waals surface area (Å²) in [5.74, 6) is -2.13. The standard InChI is InChI=1S/C18H18F3NO7S2/c1-17(2,3)28-15(23)13-12(29-31(25,26)18(19,20)21)10-30-14(13)22-16(24)27-9-11-7-5-4-6-8-11/h4-8,10H,9H2,1-3H3,(H,22,24). The van der Waals surface area contributed by atoms with Crippen LogP contribution in [-0.2, 0) is 26.2 Å². The van der Waals surface area contributed by atoms with Crippen molar-refractivity contribution in [2.24, 2.45) is 0 Å². The van der Waals surface area contributed by atoms with Gasteiger partial charge in [-0.1, -0.05) is 30.3 Å². The molecule has 170 valence electrons. The number of ether oxygens (including phenoxy) is 2. The molecular formula is C18H18F3NO7S2. The van der Waals surface area contributed by atoms with Gasteiger partial charge < -0.3 is 13.7 Å². The molecule has 1 heterocycles. The normalized spacial score (nSPS) is 12.2. The van der Waals surface area contributed by atoms with E-state index in [-0.39, 0.29) is 11.6 Å². The number of anilines is 1. The zero-order chi connectivity index (χ0) is 23.4. The van der Waals surface area contributed by atoms with Gasteiger partial charge in [-0.05, 0) is 26.3 Å². The van der Waals surface area contributed by atoms with E-state index < -0.39 is 44.6 Å². The van der Waals surface area contributed by atoms with Crippen LogP contribution < -0.4 is 9.50 Å². The van der Waals surface area contributed by atoms with Crippen LogP contribution in [-0.4, -0.2) is 31.6 Å². The summed E-state index contributed by atoms with van der Waals surface area (Å²) in [5, 5.41) is 2.72. The minimum Gasteiger partial charge on any atom is -0.456 e. The first kappa shape index (κ1) is 24.5. The molecule has 0 radical (unpaired) electrons. The lowest BCUT2D eigenvalue weighted by molar-refractivity contribution is -0.0501. The first-order valence-corrected chi connectivity index (χ1v) is 10.8. The minimum absolute atomic E-state index is 0.119. The highest BCUT2D eigenvalue weighted by Crippen LogP contribution is 2.38. The van der Waals surface area contributed by atoms with Crippen LogP contribution in [0.5, 0.6) is 5.75 Å². The summed E-state index contributed by atoms with van der Waals surface area (Å²) in [6.45, 7) is 4.36. The Balaban J connectivity index is 2.28. The molecule has 0 aliphatic carbocycles. The Morgan fingerprint density at radius 2 is 1.71 bits per heavy atom. The lowest BCUT2D eigenvalue weighted by atomic mass is 10.2. The van der Waals surface area contributed by atoms with Crippen molar-refractivity contribution in [3.63, 3.8) is 0 Å². The van der Waals surface area contributed by atoms with Crippen molar-refractivity contribution >= 4 is 38.5 Å². The fourth-order valence-electron chi connectivity index (χ4n) is 2.04. The molecule has 0 bridgehead atoms. The number of carbonyl (C=O) groups is 2. The molecule has 0 saturated heterocycles. The fraction of sp³-hybridized carbons (Fsp3) is 0.333. The molecule has 0 aliphatic rings. The predicted octanol–water partition coefficient (Wildman–Crippen LogP) is 4.68. The minimum atomic E-state index is -6.06. The molecular weight excluding hydrogens is 463 g/mol. The fourth-order valence-corrected chi connectivity index (χ4v) is 3.39. The van der Waals surface area contributed by atoms with Crippen LogP contribution in [0.25, 0.3) is 0 Å². The van der Waals surface area contributed by atoms with Gasteiger partial charge in [-0.25, -0.2) is 9.59 Å². The molecule has 0 aliphatic heterocycles. The molecule has 2 aromatic rings. The summed E-state index contributed by atoms with van der Waals surface area (Å²) in [6.07, 6.45) is -1.03. The summed E-state index contributed by atoms with van der Waals surface area (Å²) >= 11 is 0.562. The largest absolute Gasteiger partial charge is 0.534 e. The Kier molecular flexibility index (Phi) is 7.21. The third-order valence-corrected chi connectivity index (χ3v) is 5.11. The van der Waals surface area contributed by atoms with E-state index in [1.54, 1.807) is 30.3 Å². The smallest absolute Gasteiger partial charge is 0.456 e. The van der Waals surface area contributed by atoms with E-state index >= 15 is 0 Å². The van der Waals surface area contributed by atoms with Gasteiger partial charge in [0.1, 0.15) is 22.8 Å². The summed E-state index contributed by atoms with van der Waals surface area (Å²) in [6, 6.07) is 8.60. The van der Waals surface area contributed by atoms with Crippen molar-refractivity contribution in [3.05, 3.63) is 46.8 Å². The van der Waals surface area contributed by atoms with Gasteiger partial charge in [-0.3, -0.25) is 5.32 Å². The Morgan fingerprint density at radius 3 is 2.26 bits per heavy atom. The number of benzene rings is 1. The van der Waals surface area contributed by atoms with Crippen molar-refractivity contribution in [2.45, 2.75) is 38.5 Å². The van der Waals surface area contributed by atoms with E-state index in [0.29, 0.717) is 16.9 Å². The van der Waals surface area contributed by atoms with Crippen LogP contribution in [0.1, 0.15) is 36.7 Å². The van der Waals surface area contributed by atoms with E-state index in [4.69, 9.17) is 9.47 Å². The Bertz CT molecular complexity index is 1040. The topological polar surface area (TPSA) is 108 Å². The molecule has 1 aromatic heterocycles. The first-order valence-electron chi connectivity index (χ1n) is 8.53. The molecule has 0 fully saturated rings. The lowest BCUT2D eigenvalue weighted by Crippen LogP contribution is -2.29. The van der Waals surface area contributed by atoms with E-state index in [0.717, 1.165) is 5.38 Å². The van der Waals surface area contributed by atoms with Gasteiger partial charge in [-0.2, -0.15) is 21.6 Å². The van der Waals surface area contributed by atoms with Crippen molar-refractivity contribution in [3.8, 4) is 5.75 Å². The summed E-state index contributed by atoms with van der Waals surface area (Å²) in [5.41, 5.74) is -6.81. The number of alkyl halides is 3. The maximum absolute atomic E-state index is 12.7. The van der Waals surface area contributed by atoms with Gasteiger partial charge in [0, 0.05) is 5.38 Å². The van der Waals surface area contributed by atoms with Crippen LogP contribution in [0.3, 0.4) is 0 Å². The monoisotopic (exact) mass is 481 g/mol. The third-order valence-electron chi connectivity index (χ3n) is 3.27. The van der Waals surface area contributed by atoms with Crippen molar-refractivity contribution in [1.29, 1.82) is 0 Å². The van der Waals surface area contributed by atoms with E-state index in [1.165, 1.54) is 20.8 Å². The van der Waals surface area contributed by atoms with Crippen LogP contribution in [0.15, 0.2) is 35.7 Å². The molecule has 0 spiro atoms. The number of rotatable bonds is 6. The summed E-state index contributed by atoms with van der Waals surface area (Å²) < 4.78 is 75.0. The van der Waals surface area contributed by atoms with Crippen LogP contribution >= 0.6 is 11.3 Å². The average molecular weight is 481 g/mol. The molecule has 13 heteroatoms. The van der Waals surface area contributed by atoms with E-state index in [2.05, 4.69) is 9.50 Å². The van der Waals surface area contributed by atoms with Gasteiger partial charge in [0.05, 0.1) is 0 Å². The average Bonchev–Trinajstić information content (AvgIpc) is 3.00. The van der Waals surface area contributed by atoms with Gasteiger partial charge in [0.2, 0.25) is 0 Å². The quantitative estimate of drug-likeness (QED) is 0.363. The van der Waals surface area contributed by atoms with Crippen LogP contribution in [0.2, 0.25) is 0 Å². The molecule has 0 saturated carbocycles. The zero-order valence-corrected chi connectivity index (χ0v) is 18.1. The highest BCUT2D eigenvalue weighted by Gasteiger charge is 2.49. The number of thiophene rings is 1. The van der Waals surface area contributed by atoms with Gasteiger partial charge >= 0.3 is 27.7 Å². The number of nitrogens with one attached hydrogen (secondary N) is 1. The number of amides is 1. The second-order valence-electron chi connectivity index (χ2n) is 6.98. The third kappa shape index (κ3) is 6.85. The molecule has 2 rings (SSSR count). The number of carbonyl (C=O) groups excluding carboxylic acids is 2. The van der Waals surface area contributed by atoms with Gasteiger partial charge in [0.25, 0.3) is 0 Å². The molecule has 31 heavy (non-hydrogen) atoms. The van der Waals surface area contributed by atoms with Crippen molar-refractivity contribution < 1.29 is 44.8 Å².